The van der Waals surface area contributed by atoms with E-state index in [0.29, 0.717) is 12.0 Å². The van der Waals surface area contributed by atoms with Crippen molar-refractivity contribution in [3.05, 3.63) is 24.3 Å². The quantitative estimate of drug-likeness (QED) is 0.605. The van der Waals surface area contributed by atoms with E-state index in [2.05, 4.69) is 6.58 Å². The standard InChI is InChI=1S/C13H19NO4/c1-4-5-18-13(17)14-8-12(16)7-11(14)6-9(2)10(3)15/h4,6,11-12,16H,1,5,7-8H2,2-3H3/b9-6+/t11-,12+/m1/s1. The molecule has 0 aliphatic carbocycles. The van der Waals surface area contributed by atoms with Crippen molar-refractivity contribution in [2.45, 2.75) is 32.4 Å². The topological polar surface area (TPSA) is 66.8 Å². The number of hydrogen-bond donors (Lipinski definition) is 1. The SMILES string of the molecule is C=CCOC(=O)N1C[C@@H](O)C[C@H]1/C=C(\C)C(C)=O. The molecule has 100 valence electrons. The van der Waals surface area contributed by atoms with Crippen LogP contribution in [0.3, 0.4) is 0 Å². The molecule has 1 rings (SSSR count). The number of aliphatic hydroxyl groups is 1. The minimum atomic E-state index is -0.581. The number of carbonyl (C=O) groups excluding carboxylic acids is 2. The van der Waals surface area contributed by atoms with Crippen LogP contribution in [-0.4, -0.2) is 47.2 Å². The summed E-state index contributed by atoms with van der Waals surface area (Å²) in [6.07, 6.45) is 2.53. The zero-order valence-electron chi connectivity index (χ0n) is 10.8. The number of allylic oxidation sites excluding steroid dienone is 1. The van der Waals surface area contributed by atoms with Crippen LogP contribution in [-0.2, 0) is 9.53 Å². The number of carbonyl (C=O) groups is 2. The molecule has 1 saturated heterocycles. The first kappa shape index (κ1) is 14.4. The highest BCUT2D eigenvalue weighted by Gasteiger charge is 2.34. The van der Waals surface area contributed by atoms with Gasteiger partial charge in [0.2, 0.25) is 0 Å². The lowest BCUT2D eigenvalue weighted by Gasteiger charge is -2.21. The fourth-order valence-electron chi connectivity index (χ4n) is 1.83. The second kappa shape index (κ2) is 6.35. The van der Waals surface area contributed by atoms with Gasteiger partial charge in [-0.1, -0.05) is 18.7 Å². The van der Waals surface area contributed by atoms with Crippen molar-refractivity contribution >= 4 is 11.9 Å². The Balaban J connectivity index is 2.76. The molecule has 2 atom stereocenters. The summed E-state index contributed by atoms with van der Waals surface area (Å²) in [5, 5.41) is 9.61. The summed E-state index contributed by atoms with van der Waals surface area (Å²) in [4.78, 5) is 24.4. The predicted molar refractivity (Wildman–Crippen MR) is 67.1 cm³/mol. The molecule has 0 spiro atoms. The molecule has 1 heterocycles. The maximum Gasteiger partial charge on any atom is 0.410 e. The summed E-state index contributed by atoms with van der Waals surface area (Å²) >= 11 is 0. The van der Waals surface area contributed by atoms with Crippen LogP contribution in [0.2, 0.25) is 0 Å². The molecule has 0 saturated carbocycles. The van der Waals surface area contributed by atoms with E-state index in [-0.39, 0.29) is 25.0 Å². The number of aliphatic hydroxyl groups excluding tert-OH is 1. The number of ether oxygens (including phenoxy) is 1. The largest absolute Gasteiger partial charge is 0.445 e. The Morgan fingerprint density at radius 3 is 2.72 bits per heavy atom. The second-order valence-electron chi connectivity index (χ2n) is 4.38. The number of likely N-dealkylation sites (tertiary alicyclic amines) is 1. The Labute approximate surface area is 107 Å². The number of hydrogen-bond acceptors (Lipinski definition) is 4. The highest BCUT2D eigenvalue weighted by molar-refractivity contribution is 5.92. The second-order valence-corrected chi connectivity index (χ2v) is 4.38. The van der Waals surface area contributed by atoms with Gasteiger partial charge < -0.3 is 9.84 Å². The van der Waals surface area contributed by atoms with Crippen molar-refractivity contribution in [1.82, 2.24) is 4.90 Å². The number of β-amino-alcohol motifs (C(OH)–C–C–N with tert-alkyl or cyclic N) is 1. The first-order chi connectivity index (χ1) is 8.45. The van der Waals surface area contributed by atoms with Crippen LogP contribution >= 0.6 is 0 Å². The third kappa shape index (κ3) is 3.70. The van der Waals surface area contributed by atoms with Crippen LogP contribution in [0.5, 0.6) is 0 Å². The molecule has 0 radical (unpaired) electrons. The molecule has 18 heavy (non-hydrogen) atoms. The summed E-state index contributed by atoms with van der Waals surface area (Å²) in [6, 6.07) is -0.291. The number of nitrogens with zero attached hydrogens (tertiary/aromatic N) is 1. The smallest absolute Gasteiger partial charge is 0.410 e. The summed E-state index contributed by atoms with van der Waals surface area (Å²) in [6.45, 7) is 6.98. The molecular formula is C13H19NO4. The van der Waals surface area contributed by atoms with Gasteiger partial charge in [-0.15, -0.1) is 0 Å². The van der Waals surface area contributed by atoms with Gasteiger partial charge in [0.15, 0.2) is 5.78 Å². The van der Waals surface area contributed by atoms with Crippen molar-refractivity contribution in [1.29, 1.82) is 0 Å². The Bertz CT molecular complexity index is 375. The molecular weight excluding hydrogens is 234 g/mol. The first-order valence-electron chi connectivity index (χ1n) is 5.87. The van der Waals surface area contributed by atoms with Gasteiger partial charge in [-0.25, -0.2) is 4.79 Å². The summed E-state index contributed by atoms with van der Waals surface area (Å²) in [7, 11) is 0. The first-order valence-corrected chi connectivity index (χ1v) is 5.87. The Morgan fingerprint density at radius 1 is 1.50 bits per heavy atom. The molecule has 1 N–H and O–H groups in total. The van der Waals surface area contributed by atoms with Crippen LogP contribution in [0.4, 0.5) is 4.79 Å². The summed E-state index contributed by atoms with van der Waals surface area (Å²) in [5.74, 6) is -0.0456. The molecule has 0 aromatic heterocycles. The summed E-state index contributed by atoms with van der Waals surface area (Å²) in [5.41, 5.74) is 0.579. The number of ketones is 1. The predicted octanol–water partition coefficient (Wildman–Crippen LogP) is 1.28. The van der Waals surface area contributed by atoms with Crippen LogP contribution < -0.4 is 0 Å². The van der Waals surface area contributed by atoms with E-state index in [1.807, 2.05) is 0 Å². The van der Waals surface area contributed by atoms with E-state index in [1.54, 1.807) is 13.0 Å². The lowest BCUT2D eigenvalue weighted by Crippen LogP contribution is -2.35. The van der Waals surface area contributed by atoms with E-state index in [0.717, 1.165) is 0 Å². The Kier molecular flexibility index (Phi) is 5.09. The van der Waals surface area contributed by atoms with Gasteiger partial charge in [0.25, 0.3) is 0 Å². The highest BCUT2D eigenvalue weighted by Crippen LogP contribution is 2.21. The molecule has 0 aromatic rings. The van der Waals surface area contributed by atoms with Crippen LogP contribution in [0.15, 0.2) is 24.3 Å². The maximum atomic E-state index is 11.7. The lowest BCUT2D eigenvalue weighted by molar-refractivity contribution is -0.113. The number of rotatable bonds is 4. The molecule has 0 bridgehead atoms. The van der Waals surface area contributed by atoms with Gasteiger partial charge in [-0.05, 0) is 25.8 Å². The normalized spacial score (nSPS) is 23.9. The number of amides is 1. The maximum absolute atomic E-state index is 11.7. The van der Waals surface area contributed by atoms with Crippen molar-refractivity contribution in [2.24, 2.45) is 0 Å². The lowest BCUT2D eigenvalue weighted by atomic mass is 10.1. The molecule has 1 aliphatic heterocycles. The Hall–Kier alpha value is -1.62. The zero-order chi connectivity index (χ0) is 13.7. The number of Topliss-reactive ketones (excluding diaryl/α,β-unsaturated/α-hetero) is 1. The van der Waals surface area contributed by atoms with E-state index in [1.165, 1.54) is 17.9 Å². The van der Waals surface area contributed by atoms with Crippen molar-refractivity contribution < 1.29 is 19.4 Å². The minimum absolute atomic E-state index is 0.0456. The van der Waals surface area contributed by atoms with E-state index < -0.39 is 12.2 Å². The van der Waals surface area contributed by atoms with E-state index >= 15 is 0 Å². The fraction of sp³-hybridized carbons (Fsp3) is 0.538. The van der Waals surface area contributed by atoms with Gasteiger partial charge in [0.1, 0.15) is 6.61 Å². The molecule has 0 unspecified atom stereocenters. The van der Waals surface area contributed by atoms with E-state index in [9.17, 15) is 14.7 Å². The van der Waals surface area contributed by atoms with Crippen LogP contribution in [0.25, 0.3) is 0 Å². The van der Waals surface area contributed by atoms with Crippen LogP contribution in [0, 0.1) is 0 Å². The Morgan fingerprint density at radius 2 is 2.17 bits per heavy atom. The zero-order valence-corrected chi connectivity index (χ0v) is 10.8. The third-order valence-electron chi connectivity index (χ3n) is 2.88. The molecule has 1 amide bonds. The minimum Gasteiger partial charge on any atom is -0.445 e. The van der Waals surface area contributed by atoms with Gasteiger partial charge in [-0.3, -0.25) is 9.69 Å². The average molecular weight is 253 g/mol. The molecule has 5 nitrogen and oxygen atoms in total. The molecule has 0 aromatic carbocycles. The van der Waals surface area contributed by atoms with E-state index in [4.69, 9.17) is 4.74 Å². The molecule has 1 aliphatic rings. The van der Waals surface area contributed by atoms with Gasteiger partial charge in [0, 0.05) is 0 Å². The third-order valence-corrected chi connectivity index (χ3v) is 2.88. The molecule has 5 heteroatoms. The van der Waals surface area contributed by atoms with Crippen molar-refractivity contribution in [3.8, 4) is 0 Å². The van der Waals surface area contributed by atoms with Crippen molar-refractivity contribution in [3.63, 3.8) is 0 Å². The molecule has 1 fully saturated rings. The van der Waals surface area contributed by atoms with Gasteiger partial charge >= 0.3 is 6.09 Å². The van der Waals surface area contributed by atoms with Gasteiger partial charge in [-0.2, -0.15) is 0 Å². The van der Waals surface area contributed by atoms with Gasteiger partial charge in [0.05, 0.1) is 18.7 Å². The average Bonchev–Trinajstić information content (AvgIpc) is 2.67. The fourth-order valence-corrected chi connectivity index (χ4v) is 1.83. The van der Waals surface area contributed by atoms with Crippen LogP contribution in [0.1, 0.15) is 20.3 Å². The van der Waals surface area contributed by atoms with Crippen molar-refractivity contribution in [2.75, 3.05) is 13.2 Å². The summed E-state index contributed by atoms with van der Waals surface area (Å²) < 4.78 is 4.94. The monoisotopic (exact) mass is 253 g/mol. The highest BCUT2D eigenvalue weighted by atomic mass is 16.6.